The van der Waals surface area contributed by atoms with Crippen molar-refractivity contribution in [3.05, 3.63) is 246 Å². The fraction of sp³-hybridized carbons (Fsp3) is 0.378. The summed E-state index contributed by atoms with van der Waals surface area (Å²) in [5.74, 6) is 0. The number of sulfonamides is 3. The van der Waals surface area contributed by atoms with E-state index in [4.69, 9.17) is 60.2 Å². The van der Waals surface area contributed by atoms with E-state index in [0.29, 0.717) is 111 Å². The first-order valence-electron chi connectivity index (χ1n) is 38.4. The summed E-state index contributed by atoms with van der Waals surface area (Å²) in [6, 6.07) is 25.3. The Labute approximate surface area is 703 Å². The first-order valence-corrected chi connectivity index (χ1v) is 45.2. The number of amides is 5. The molecule has 0 saturated carbocycles. The molecule has 9 heterocycles. The molecule has 3 aliphatic heterocycles. The topological polar surface area (TPSA) is 349 Å². The molecule has 9 aromatic rings. The Hall–Kier alpha value is -9.75. The number of urea groups is 2. The Morgan fingerprint density at radius 2 is 0.771 bits per heavy atom. The van der Waals surface area contributed by atoms with Crippen molar-refractivity contribution in [2.24, 2.45) is 26.9 Å². The zero-order valence-electron chi connectivity index (χ0n) is 67.3. The average molecular weight is 1730 g/mol. The largest absolute Gasteiger partial charge is 0.447 e. The SMILES string of the molecule is CC(C)OC(=O)N1CCN([C@H]2c3ccc(Cl)cc3C(C(NS(C)(=O)=O)c3cncn3C)=Cc3cccnc32)CC1.Cn1cncc1C(NS(C)(=O)=O)C1=Cc2cccnc2[C@@H](N2CCN(C(=O)NC(C)(C)C)CC2)c2ccc(Cl)cc21.Cn1cncc1C(NS(C)(=O)=O)C1=Cc2cccnc2[C@@H](N2CCN(C(N)=O)CC2)c2ccc(Cl)cc21. The number of nitrogens with two attached hydrogens (primary N) is 1. The second-order valence-corrected chi connectivity index (χ2v) is 38.1. The Morgan fingerprint density at radius 1 is 0.466 bits per heavy atom. The number of halogens is 3. The third-order valence-electron chi connectivity index (χ3n) is 21.3. The van der Waals surface area contributed by atoms with Gasteiger partial charge in [0.15, 0.2) is 0 Å². The summed E-state index contributed by atoms with van der Waals surface area (Å²) in [7, 11) is -5.34. The molecule has 3 fully saturated rings. The van der Waals surface area contributed by atoms with Gasteiger partial charge in [0.2, 0.25) is 30.1 Å². The molecule has 3 aromatic carbocycles. The Balaban J connectivity index is 0.000000154. The summed E-state index contributed by atoms with van der Waals surface area (Å²) >= 11 is 19.7. The maximum atomic E-state index is 12.9. The molecule has 6 aliphatic rings. The Morgan fingerprint density at radius 3 is 1.04 bits per heavy atom. The maximum Gasteiger partial charge on any atom is 0.410 e. The quantitative estimate of drug-likeness (QED) is 0.0600. The lowest BCUT2D eigenvalue weighted by atomic mass is 9.90. The molecule has 36 heteroatoms. The van der Waals surface area contributed by atoms with Crippen LogP contribution in [0.3, 0.4) is 0 Å². The summed E-state index contributed by atoms with van der Waals surface area (Å²) < 4.78 is 94.9. The maximum absolute atomic E-state index is 12.9. The van der Waals surface area contributed by atoms with Crippen molar-refractivity contribution in [1.29, 1.82) is 0 Å². The number of aromatic nitrogens is 9. The number of primary amides is 1. The van der Waals surface area contributed by atoms with Crippen LogP contribution in [0, 0.1) is 0 Å². The zero-order chi connectivity index (χ0) is 84.4. The van der Waals surface area contributed by atoms with E-state index in [-0.39, 0.29) is 41.9 Å². The predicted molar refractivity (Wildman–Crippen MR) is 457 cm³/mol. The standard InChI is InChI=1S/C29H36ClN7O3S.C28H33ClN6O4S.C25H28ClN7O3S/c1-29(2,3)33-28(38)37-13-11-36(12-14-37)27-21-9-8-20(30)16-22(21)23(15-19-7-6-10-32-25(19)27)26(34-41(5,39)40)24-17-31-18-35(24)4;1-18(2)39-28(36)35-12-10-34(11-13-35)27-21-8-7-20(29)15-22(21)23(14-19-6-5-9-31-25(19)27)26(32-40(4,37)38)24-16-30-17-33(24)3;1-31-15-28-14-21(31)23(30-37(2,35)36)20-12-16-4-3-7-29-22(16)24(18-6-5-17(26)13-19(18)20)32-8-10-33(11-9-32)25(27)34/h6-10,15-18,26-27,34H,11-14H2,1-5H3,(H,33,38);5-9,14-18,26-27,32H,10-13H2,1-4H3;3-7,12-15,23-24,30H,8-11H2,1-2H3,(H2,27,34)/t2*26?,27-;23?,24-/m000/s1. The molecular weight excluding hydrogens is 1630 g/mol. The number of imidazole rings is 3. The average Bonchev–Trinajstić information content (AvgIpc) is 1.68. The fourth-order valence-electron chi connectivity index (χ4n) is 16.0. The highest BCUT2D eigenvalue weighted by atomic mass is 35.5. The molecule has 0 bridgehead atoms. The highest BCUT2D eigenvalue weighted by Gasteiger charge is 2.42. The van der Waals surface area contributed by atoms with E-state index in [1.54, 1.807) is 75.1 Å². The molecule has 5 amide bonds. The number of aryl methyl sites for hydroxylation is 3. The summed E-state index contributed by atoms with van der Waals surface area (Å²) in [4.78, 5) is 76.4. The van der Waals surface area contributed by atoms with Crippen LogP contribution < -0.4 is 25.2 Å². The number of carbonyl (C=O) groups is 3. The number of benzene rings is 3. The van der Waals surface area contributed by atoms with Crippen LogP contribution in [0.1, 0.15) is 155 Å². The normalized spacial score (nSPS) is 18.7. The van der Waals surface area contributed by atoms with E-state index in [9.17, 15) is 39.6 Å². The lowest BCUT2D eigenvalue weighted by molar-refractivity contribution is 0.0513. The Bertz CT molecular complexity index is 5710. The second-order valence-electron chi connectivity index (χ2n) is 31.4. The van der Waals surface area contributed by atoms with Crippen LogP contribution in [-0.4, -0.2) is 225 Å². The molecule has 118 heavy (non-hydrogen) atoms. The van der Waals surface area contributed by atoms with E-state index < -0.39 is 54.2 Å². The molecule has 15 rings (SSSR count). The molecule has 0 radical (unpaired) electrons. The minimum absolute atomic E-state index is 0.0708. The van der Waals surface area contributed by atoms with Gasteiger partial charge < -0.3 is 44.2 Å². The van der Waals surface area contributed by atoms with Gasteiger partial charge >= 0.3 is 18.2 Å². The smallest absolute Gasteiger partial charge is 0.410 e. The number of hydrogen-bond donors (Lipinski definition) is 5. The zero-order valence-corrected chi connectivity index (χ0v) is 72.1. The number of ether oxygens (including phenoxy) is 1. The number of rotatable bonds is 16. The number of nitrogens with one attached hydrogen (secondary N) is 4. The van der Waals surface area contributed by atoms with Gasteiger partial charge in [-0.1, -0.05) is 71.2 Å². The second kappa shape index (κ2) is 35.7. The van der Waals surface area contributed by atoms with Crippen molar-refractivity contribution in [3.63, 3.8) is 0 Å². The van der Waals surface area contributed by atoms with Crippen LogP contribution in [-0.2, 0) is 55.9 Å². The van der Waals surface area contributed by atoms with Crippen molar-refractivity contribution >= 4 is 118 Å². The third kappa shape index (κ3) is 20.1. The highest BCUT2D eigenvalue weighted by molar-refractivity contribution is 7.89. The summed E-state index contributed by atoms with van der Waals surface area (Å²) in [6.45, 7) is 16.5. The van der Waals surface area contributed by atoms with Crippen molar-refractivity contribution in [1.82, 2.24) is 92.5 Å². The minimum atomic E-state index is -3.61. The van der Waals surface area contributed by atoms with Gasteiger partial charge in [-0.25, -0.2) is 68.8 Å². The van der Waals surface area contributed by atoms with Gasteiger partial charge in [-0.05, 0) is 174 Å². The van der Waals surface area contributed by atoms with E-state index in [0.717, 1.165) is 103 Å². The predicted octanol–water partition coefficient (Wildman–Crippen LogP) is 10.1. The van der Waals surface area contributed by atoms with Gasteiger partial charge in [0.1, 0.15) is 0 Å². The molecule has 3 aliphatic carbocycles. The van der Waals surface area contributed by atoms with Crippen LogP contribution >= 0.6 is 34.8 Å². The van der Waals surface area contributed by atoms with Gasteiger partial charge in [-0.2, -0.15) is 0 Å². The molecule has 6 N–H and O–H groups in total. The number of nitrogens with zero attached hydrogens (tertiary/aromatic N) is 15. The van der Waals surface area contributed by atoms with Gasteiger partial charge in [-0.3, -0.25) is 29.7 Å². The van der Waals surface area contributed by atoms with Crippen molar-refractivity contribution in [2.75, 3.05) is 97.3 Å². The Kier molecular flexibility index (Phi) is 26.0. The van der Waals surface area contributed by atoms with Crippen molar-refractivity contribution in [2.45, 2.75) is 82.5 Å². The van der Waals surface area contributed by atoms with E-state index in [2.05, 4.69) is 49.1 Å². The van der Waals surface area contributed by atoms with Gasteiger partial charge in [0.25, 0.3) is 0 Å². The van der Waals surface area contributed by atoms with Gasteiger partial charge in [-0.15, -0.1) is 0 Å². The first kappa shape index (κ1) is 86.1. The molecule has 3 unspecified atom stereocenters. The first-order chi connectivity index (χ1) is 55.9. The van der Waals surface area contributed by atoms with E-state index in [1.165, 1.54) is 0 Å². The number of pyridine rings is 3. The van der Waals surface area contributed by atoms with Crippen molar-refractivity contribution < 1.29 is 44.4 Å². The van der Waals surface area contributed by atoms with E-state index >= 15 is 0 Å². The summed E-state index contributed by atoms with van der Waals surface area (Å²) in [5, 5.41) is 4.66. The van der Waals surface area contributed by atoms with Gasteiger partial charge in [0, 0.05) is 139 Å². The van der Waals surface area contributed by atoms with Crippen molar-refractivity contribution in [3.8, 4) is 0 Å². The molecular formula is C82H97Cl3N20O10S3. The minimum Gasteiger partial charge on any atom is -0.447 e. The van der Waals surface area contributed by atoms with Crippen LogP contribution in [0.5, 0.6) is 0 Å². The molecule has 6 atom stereocenters. The number of fused-ring (bicyclic) bond motifs is 6. The molecule has 624 valence electrons. The lowest BCUT2D eigenvalue weighted by Gasteiger charge is -2.40. The highest BCUT2D eigenvalue weighted by Crippen LogP contribution is 2.49. The number of hydrogen-bond acceptors (Lipinski definition) is 19. The third-order valence-corrected chi connectivity index (χ3v) is 24.0. The number of piperazine rings is 3. The van der Waals surface area contributed by atoms with Crippen LogP contribution in [0.4, 0.5) is 14.4 Å². The summed E-state index contributed by atoms with van der Waals surface area (Å²) in [5.41, 5.74) is 20.0. The van der Waals surface area contributed by atoms with E-state index in [1.807, 2.05) is 174 Å². The van der Waals surface area contributed by atoms with Crippen LogP contribution in [0.25, 0.3) is 34.9 Å². The van der Waals surface area contributed by atoms with Crippen LogP contribution in [0.15, 0.2) is 147 Å². The monoisotopic (exact) mass is 1720 g/mol. The molecule has 0 spiro atoms. The van der Waals surface area contributed by atoms with Crippen LogP contribution in [0.2, 0.25) is 15.1 Å². The fourth-order valence-corrected chi connectivity index (χ4v) is 18.6. The molecule has 3 saturated heterocycles. The van der Waals surface area contributed by atoms with Gasteiger partial charge in [0.05, 0.1) is 133 Å². The molecule has 30 nitrogen and oxygen atoms in total. The molecule has 6 aromatic heterocycles. The number of carbonyl (C=O) groups excluding carboxylic acids is 3. The summed E-state index contributed by atoms with van der Waals surface area (Å²) in [6.07, 6.45) is 24.1. The lowest BCUT2D eigenvalue weighted by Crippen LogP contribution is -2.55.